The molecule has 6 nitrogen and oxygen atoms in total. The number of para-hydroxylation sites is 1. The molecule has 2 aromatic heterocycles. The molecule has 0 unspecified atom stereocenters. The van der Waals surface area contributed by atoms with Gasteiger partial charge in [0.2, 0.25) is 0 Å². The second-order valence-electron chi connectivity index (χ2n) is 5.54. The number of hydrogen-bond donors (Lipinski definition) is 0. The van der Waals surface area contributed by atoms with Gasteiger partial charge in [0.25, 0.3) is 5.91 Å². The molecule has 132 valence electrons. The number of carbonyl (C=O) groups excluding carboxylic acids is 1. The van der Waals surface area contributed by atoms with E-state index >= 15 is 0 Å². The average molecular weight is 362 g/mol. The zero-order valence-electron chi connectivity index (χ0n) is 14.3. The molecule has 0 saturated heterocycles. The van der Waals surface area contributed by atoms with Crippen LogP contribution in [0.3, 0.4) is 0 Å². The van der Waals surface area contributed by atoms with Crippen molar-refractivity contribution in [3.63, 3.8) is 0 Å². The molecule has 2 heterocycles. The van der Waals surface area contributed by atoms with Crippen molar-refractivity contribution in [3.8, 4) is 0 Å². The molecule has 0 N–H and O–H groups in total. The van der Waals surface area contributed by atoms with Gasteiger partial charge in [0.05, 0.1) is 23.0 Å². The Hall–Kier alpha value is -2.32. The third-order valence-electron chi connectivity index (χ3n) is 3.84. The van der Waals surface area contributed by atoms with Gasteiger partial charge in [0, 0.05) is 25.8 Å². The van der Waals surface area contributed by atoms with Gasteiger partial charge in [-0.3, -0.25) is 9.48 Å². The van der Waals surface area contributed by atoms with Crippen LogP contribution in [0.2, 0.25) is 0 Å². The van der Waals surface area contributed by atoms with Gasteiger partial charge in [-0.2, -0.15) is 10.1 Å². The summed E-state index contributed by atoms with van der Waals surface area (Å²) in [5.74, 6) is -0.731. The average Bonchev–Trinajstić information content (AvgIpc) is 3.09. The molecular formula is C17H19FN4O2S. The third-order valence-corrected chi connectivity index (χ3v) is 4.88. The number of amides is 1. The first-order valence-corrected chi connectivity index (χ1v) is 8.77. The molecule has 3 aromatic rings. The van der Waals surface area contributed by atoms with E-state index in [1.54, 1.807) is 23.9 Å². The van der Waals surface area contributed by atoms with Crippen LogP contribution in [0.5, 0.6) is 0 Å². The zero-order chi connectivity index (χ0) is 18.0. The Morgan fingerprint density at radius 1 is 1.44 bits per heavy atom. The van der Waals surface area contributed by atoms with Crippen LogP contribution >= 0.6 is 11.3 Å². The first kappa shape index (κ1) is 17.5. The summed E-state index contributed by atoms with van der Waals surface area (Å²) in [6.45, 7) is 5.12. The summed E-state index contributed by atoms with van der Waals surface area (Å²) in [6, 6.07) is 4.88. The van der Waals surface area contributed by atoms with Crippen LogP contribution in [0.25, 0.3) is 10.2 Å². The number of carbonyl (C=O) groups is 1. The lowest BCUT2D eigenvalue weighted by molar-refractivity contribution is 0.0987. The number of rotatable bonds is 5. The quantitative estimate of drug-likeness (QED) is 0.656. The number of benzene rings is 1. The van der Waals surface area contributed by atoms with Crippen LogP contribution in [0, 0.1) is 12.7 Å². The van der Waals surface area contributed by atoms with Gasteiger partial charge in [-0.15, -0.1) is 0 Å². The van der Waals surface area contributed by atoms with Gasteiger partial charge >= 0.3 is 0 Å². The molecule has 0 fully saturated rings. The van der Waals surface area contributed by atoms with Crippen molar-refractivity contribution in [3.05, 3.63) is 46.3 Å². The van der Waals surface area contributed by atoms with Crippen LogP contribution < -0.4 is 4.80 Å². The first-order chi connectivity index (χ1) is 12.0. The maximum atomic E-state index is 14.3. The van der Waals surface area contributed by atoms with E-state index < -0.39 is 5.91 Å². The highest BCUT2D eigenvalue weighted by molar-refractivity contribution is 7.16. The summed E-state index contributed by atoms with van der Waals surface area (Å²) in [4.78, 5) is 17.3. The minimum atomic E-state index is -0.394. The highest BCUT2D eigenvalue weighted by Gasteiger charge is 2.16. The molecular weight excluding hydrogens is 343 g/mol. The number of halogens is 1. The summed E-state index contributed by atoms with van der Waals surface area (Å²) >= 11 is 1.28. The molecule has 0 aliphatic heterocycles. The minimum absolute atomic E-state index is 0.337. The van der Waals surface area contributed by atoms with Crippen molar-refractivity contribution in [2.75, 3.05) is 13.2 Å². The molecule has 0 atom stereocenters. The summed E-state index contributed by atoms with van der Waals surface area (Å²) in [6.07, 6.45) is 1.62. The van der Waals surface area contributed by atoms with Crippen LogP contribution in [0.4, 0.5) is 4.39 Å². The molecule has 0 bridgehead atoms. The Labute approximate surface area is 148 Å². The topological polar surface area (TPSA) is 61.4 Å². The van der Waals surface area contributed by atoms with Crippen LogP contribution in [-0.2, 0) is 18.3 Å². The van der Waals surface area contributed by atoms with E-state index in [-0.39, 0.29) is 5.82 Å². The van der Waals surface area contributed by atoms with E-state index in [1.165, 1.54) is 22.1 Å². The first-order valence-electron chi connectivity index (χ1n) is 7.96. The van der Waals surface area contributed by atoms with Crippen molar-refractivity contribution in [2.24, 2.45) is 12.0 Å². The summed E-state index contributed by atoms with van der Waals surface area (Å²) in [7, 11) is 1.70. The highest BCUT2D eigenvalue weighted by Crippen LogP contribution is 2.20. The van der Waals surface area contributed by atoms with E-state index in [2.05, 4.69) is 10.1 Å². The van der Waals surface area contributed by atoms with Crippen molar-refractivity contribution >= 4 is 27.5 Å². The highest BCUT2D eigenvalue weighted by atomic mass is 32.1. The monoisotopic (exact) mass is 362 g/mol. The van der Waals surface area contributed by atoms with Crippen LogP contribution in [0.1, 0.15) is 23.0 Å². The number of fused-ring (bicyclic) bond motifs is 1. The second kappa shape index (κ2) is 7.28. The smallest absolute Gasteiger partial charge is 0.298 e. The van der Waals surface area contributed by atoms with Gasteiger partial charge in [-0.25, -0.2) is 4.39 Å². The molecule has 1 amide bonds. The lowest BCUT2D eigenvalue weighted by atomic mass is 10.3. The molecule has 0 saturated carbocycles. The van der Waals surface area contributed by atoms with Gasteiger partial charge in [0.15, 0.2) is 4.80 Å². The SMILES string of the molecule is CCOCCn1c(=NC(=O)c2c(C)cnn2C)sc2cccc(F)c21. The number of aryl methyl sites for hydroxylation is 2. The van der Waals surface area contributed by atoms with Crippen LogP contribution in [-0.4, -0.2) is 33.5 Å². The number of nitrogens with zero attached hydrogens (tertiary/aromatic N) is 4. The lowest BCUT2D eigenvalue weighted by Gasteiger charge is -2.06. The summed E-state index contributed by atoms with van der Waals surface area (Å²) < 4.78 is 23.6. The maximum Gasteiger partial charge on any atom is 0.298 e. The van der Waals surface area contributed by atoms with Gasteiger partial charge in [0.1, 0.15) is 11.5 Å². The van der Waals surface area contributed by atoms with E-state index in [1.807, 2.05) is 19.9 Å². The van der Waals surface area contributed by atoms with Crippen LogP contribution in [0.15, 0.2) is 29.4 Å². The van der Waals surface area contributed by atoms with E-state index in [9.17, 15) is 9.18 Å². The molecule has 0 radical (unpaired) electrons. The number of thiazole rings is 1. The largest absolute Gasteiger partial charge is 0.380 e. The summed E-state index contributed by atoms with van der Waals surface area (Å²) in [5, 5.41) is 4.07. The fourth-order valence-corrected chi connectivity index (χ4v) is 3.74. The Bertz CT molecular complexity index is 967. The van der Waals surface area contributed by atoms with Gasteiger partial charge in [-0.05, 0) is 26.0 Å². The Kier molecular flexibility index (Phi) is 5.10. The van der Waals surface area contributed by atoms with Crippen molar-refractivity contribution in [1.29, 1.82) is 0 Å². The number of ether oxygens (including phenoxy) is 1. The molecule has 0 spiro atoms. The normalized spacial score (nSPS) is 12.2. The Balaban J connectivity index is 2.13. The Morgan fingerprint density at radius 3 is 2.92 bits per heavy atom. The van der Waals surface area contributed by atoms with E-state index in [4.69, 9.17) is 4.74 Å². The lowest BCUT2D eigenvalue weighted by Crippen LogP contribution is -2.21. The summed E-state index contributed by atoms with van der Waals surface area (Å²) in [5.41, 5.74) is 1.62. The van der Waals surface area contributed by atoms with E-state index in [0.29, 0.717) is 35.8 Å². The number of aromatic nitrogens is 3. The van der Waals surface area contributed by atoms with Gasteiger partial charge < -0.3 is 9.30 Å². The predicted molar refractivity (Wildman–Crippen MR) is 94.1 cm³/mol. The minimum Gasteiger partial charge on any atom is -0.380 e. The Morgan fingerprint density at radius 2 is 2.24 bits per heavy atom. The standard InChI is InChI=1S/C17H19FN4O2S/c1-4-24-9-8-22-15-12(18)6-5-7-13(15)25-17(22)20-16(23)14-11(2)10-19-21(14)3/h5-7,10H,4,8-9H2,1-3H3. The maximum absolute atomic E-state index is 14.3. The molecule has 1 aromatic carbocycles. The molecule has 0 aliphatic carbocycles. The van der Waals surface area contributed by atoms with Crippen molar-refractivity contribution < 1.29 is 13.9 Å². The predicted octanol–water partition coefficient (Wildman–Crippen LogP) is 2.66. The van der Waals surface area contributed by atoms with Crippen molar-refractivity contribution in [2.45, 2.75) is 20.4 Å². The zero-order valence-corrected chi connectivity index (χ0v) is 15.1. The molecule has 8 heteroatoms. The third kappa shape index (κ3) is 3.40. The molecule has 0 aliphatic rings. The second-order valence-corrected chi connectivity index (χ2v) is 6.55. The number of hydrogen-bond acceptors (Lipinski definition) is 4. The van der Waals surface area contributed by atoms with Gasteiger partial charge in [-0.1, -0.05) is 17.4 Å². The van der Waals surface area contributed by atoms with Crippen molar-refractivity contribution in [1.82, 2.24) is 14.3 Å². The molecule has 25 heavy (non-hydrogen) atoms. The molecule has 3 rings (SSSR count). The fourth-order valence-electron chi connectivity index (χ4n) is 2.67. The van der Waals surface area contributed by atoms with E-state index in [0.717, 1.165) is 10.3 Å². The fraction of sp³-hybridized carbons (Fsp3) is 0.353.